The lowest BCUT2D eigenvalue weighted by Crippen LogP contribution is -2.68. The van der Waals surface area contributed by atoms with Crippen LogP contribution in [0.5, 0.6) is 11.5 Å². The second-order valence-corrected chi connectivity index (χ2v) is 8.59. The lowest BCUT2D eigenvalue weighted by molar-refractivity contribution is -0.132. The van der Waals surface area contributed by atoms with E-state index in [0.717, 1.165) is 38.0 Å². The van der Waals surface area contributed by atoms with Crippen molar-refractivity contribution in [2.75, 3.05) is 13.6 Å². The van der Waals surface area contributed by atoms with Crippen molar-refractivity contribution >= 4 is 11.9 Å². The molecule has 1 saturated heterocycles. The van der Waals surface area contributed by atoms with Gasteiger partial charge in [-0.25, -0.2) is 0 Å². The highest BCUT2D eigenvalue weighted by Gasteiger charge is 2.65. The number of esters is 1. The fraction of sp³-hybridized carbons (Fsp3) is 0.619. The fourth-order valence-electron chi connectivity index (χ4n) is 6.37. The number of amides is 1. The van der Waals surface area contributed by atoms with Crippen LogP contribution in [0.1, 0.15) is 44.2 Å². The summed E-state index contributed by atoms with van der Waals surface area (Å²) in [6.07, 6.45) is 3.92. The minimum atomic E-state index is -0.339. The SMILES string of the molecule is CC(=O)N[C@H]1CCC2[C@H]3Cc4ccc(OC(C)=O)c5c4[C@@]2(CCN3C)[C@H]1O5. The van der Waals surface area contributed by atoms with Crippen LogP contribution in [0.15, 0.2) is 12.1 Å². The molecule has 0 aromatic heterocycles. The van der Waals surface area contributed by atoms with E-state index in [0.29, 0.717) is 17.7 Å². The van der Waals surface area contributed by atoms with Crippen LogP contribution >= 0.6 is 0 Å². The molecule has 1 unspecified atom stereocenters. The van der Waals surface area contributed by atoms with Gasteiger partial charge in [-0.05, 0) is 56.8 Å². The standard InChI is InChI=1S/C21H26N2O4/c1-11(24)22-15-6-5-14-16-10-13-4-7-17(26-12(2)25)19-18(13)21(14,20(15)27-19)8-9-23(16)3/h4,7,14-16,20H,5-6,8-10H2,1-3H3,(H,22,24)/t14?,15-,16+,20-,21-/m0/s1. The summed E-state index contributed by atoms with van der Waals surface area (Å²) < 4.78 is 12.0. The third-order valence-corrected chi connectivity index (χ3v) is 7.22. The Hall–Kier alpha value is -2.08. The van der Waals surface area contributed by atoms with E-state index >= 15 is 0 Å². The van der Waals surface area contributed by atoms with Gasteiger partial charge < -0.3 is 19.7 Å². The predicted molar refractivity (Wildman–Crippen MR) is 98.9 cm³/mol. The first kappa shape index (κ1) is 17.0. The van der Waals surface area contributed by atoms with Crippen molar-refractivity contribution < 1.29 is 19.1 Å². The number of rotatable bonds is 2. The second-order valence-electron chi connectivity index (χ2n) is 8.59. The van der Waals surface area contributed by atoms with Gasteiger partial charge in [-0.3, -0.25) is 9.59 Å². The topological polar surface area (TPSA) is 67.9 Å². The third kappa shape index (κ3) is 2.22. The second kappa shape index (κ2) is 5.71. The van der Waals surface area contributed by atoms with Crippen LogP contribution in [0.3, 0.4) is 0 Å². The van der Waals surface area contributed by atoms with Crippen LogP contribution in [-0.4, -0.2) is 48.6 Å². The van der Waals surface area contributed by atoms with E-state index < -0.39 is 0 Å². The zero-order chi connectivity index (χ0) is 18.9. The number of nitrogens with zero attached hydrogens (tertiary/aromatic N) is 1. The Balaban J connectivity index is 1.69. The minimum absolute atomic E-state index is 0.00802. The molecular formula is C21H26N2O4. The van der Waals surface area contributed by atoms with E-state index in [4.69, 9.17) is 9.47 Å². The molecule has 144 valence electrons. The normalized spacial score (nSPS) is 35.8. The van der Waals surface area contributed by atoms with Crippen LogP contribution in [0, 0.1) is 5.92 Å². The number of nitrogens with one attached hydrogen (secondary N) is 1. The molecule has 6 nitrogen and oxygen atoms in total. The molecule has 6 heteroatoms. The summed E-state index contributed by atoms with van der Waals surface area (Å²) in [5.41, 5.74) is 2.46. The molecular weight excluding hydrogens is 344 g/mol. The van der Waals surface area contributed by atoms with Gasteiger partial charge in [0.2, 0.25) is 5.91 Å². The first-order valence-corrected chi connectivity index (χ1v) is 9.90. The van der Waals surface area contributed by atoms with Gasteiger partial charge in [0, 0.05) is 30.9 Å². The molecule has 5 rings (SSSR count). The summed E-state index contributed by atoms with van der Waals surface area (Å²) in [6, 6.07) is 4.47. The monoisotopic (exact) mass is 370 g/mol. The largest absolute Gasteiger partial charge is 0.483 e. The number of carbonyl (C=O) groups is 2. The van der Waals surface area contributed by atoms with Gasteiger partial charge in [0.15, 0.2) is 11.5 Å². The Bertz CT molecular complexity index is 838. The average molecular weight is 370 g/mol. The number of piperidine rings is 1. The summed E-state index contributed by atoms with van der Waals surface area (Å²) in [6.45, 7) is 4.01. The first-order chi connectivity index (χ1) is 12.9. The smallest absolute Gasteiger partial charge is 0.308 e. The number of hydrogen-bond acceptors (Lipinski definition) is 5. The zero-order valence-electron chi connectivity index (χ0n) is 16.1. The number of likely N-dealkylation sites (N-methyl/N-ethyl adjacent to an activating group) is 1. The van der Waals surface area contributed by atoms with Crippen molar-refractivity contribution in [2.24, 2.45) is 5.92 Å². The number of carbonyl (C=O) groups excluding carboxylic acids is 2. The lowest BCUT2D eigenvalue weighted by atomic mass is 9.51. The van der Waals surface area contributed by atoms with Crippen molar-refractivity contribution in [2.45, 2.75) is 63.1 Å². The van der Waals surface area contributed by atoms with Crippen molar-refractivity contribution in [3.05, 3.63) is 23.3 Å². The van der Waals surface area contributed by atoms with Gasteiger partial charge in [0.25, 0.3) is 0 Å². The predicted octanol–water partition coefficient (Wildman–Crippen LogP) is 1.79. The van der Waals surface area contributed by atoms with Crippen LogP contribution in [-0.2, 0) is 21.4 Å². The van der Waals surface area contributed by atoms with Crippen LogP contribution in [0.25, 0.3) is 0 Å². The molecule has 2 aliphatic heterocycles. The van der Waals surface area contributed by atoms with E-state index in [1.54, 1.807) is 6.92 Å². The highest BCUT2D eigenvalue weighted by Crippen LogP contribution is 2.63. The molecule has 27 heavy (non-hydrogen) atoms. The molecule has 2 aliphatic carbocycles. The van der Waals surface area contributed by atoms with Gasteiger partial charge in [-0.1, -0.05) is 6.07 Å². The quantitative estimate of drug-likeness (QED) is 0.635. The molecule has 1 spiro atoms. The summed E-state index contributed by atoms with van der Waals surface area (Å²) in [5, 5.41) is 3.14. The maximum Gasteiger partial charge on any atom is 0.308 e. The van der Waals surface area contributed by atoms with Crippen LogP contribution in [0.4, 0.5) is 0 Å². The summed E-state index contributed by atoms with van der Waals surface area (Å²) in [7, 11) is 2.22. The molecule has 2 fully saturated rings. The molecule has 1 saturated carbocycles. The lowest BCUT2D eigenvalue weighted by Gasteiger charge is -2.59. The third-order valence-electron chi connectivity index (χ3n) is 7.22. The highest BCUT2D eigenvalue weighted by atomic mass is 16.6. The first-order valence-electron chi connectivity index (χ1n) is 9.90. The van der Waals surface area contributed by atoms with E-state index in [1.807, 2.05) is 6.07 Å². The van der Waals surface area contributed by atoms with Gasteiger partial charge in [0.05, 0.1) is 6.04 Å². The van der Waals surface area contributed by atoms with Crippen molar-refractivity contribution in [1.82, 2.24) is 10.2 Å². The Labute approximate surface area is 159 Å². The van der Waals surface area contributed by atoms with Crippen LogP contribution in [0.2, 0.25) is 0 Å². The summed E-state index contributed by atoms with van der Waals surface area (Å²) in [5.74, 6) is 1.40. The average Bonchev–Trinajstić information content (AvgIpc) is 2.95. The molecule has 2 heterocycles. The van der Waals surface area contributed by atoms with Gasteiger partial charge >= 0.3 is 5.97 Å². The van der Waals surface area contributed by atoms with Gasteiger partial charge in [-0.15, -0.1) is 0 Å². The van der Waals surface area contributed by atoms with Crippen molar-refractivity contribution in [1.29, 1.82) is 0 Å². The van der Waals surface area contributed by atoms with Gasteiger partial charge in [-0.2, -0.15) is 0 Å². The van der Waals surface area contributed by atoms with Crippen molar-refractivity contribution in [3.63, 3.8) is 0 Å². The number of ether oxygens (including phenoxy) is 2. The van der Waals surface area contributed by atoms with E-state index in [-0.39, 0.29) is 29.4 Å². The molecule has 1 aromatic carbocycles. The molecule has 5 atom stereocenters. The molecule has 1 amide bonds. The Kier molecular flexibility index (Phi) is 3.60. The minimum Gasteiger partial charge on any atom is -0.483 e. The van der Waals surface area contributed by atoms with E-state index in [2.05, 4.69) is 23.3 Å². The molecule has 1 aromatic rings. The molecule has 4 aliphatic rings. The van der Waals surface area contributed by atoms with Crippen molar-refractivity contribution in [3.8, 4) is 11.5 Å². The zero-order valence-corrected chi connectivity index (χ0v) is 16.1. The Morgan fingerprint density at radius 2 is 2.11 bits per heavy atom. The fourth-order valence-corrected chi connectivity index (χ4v) is 6.37. The summed E-state index contributed by atoms with van der Waals surface area (Å²) in [4.78, 5) is 25.9. The number of likely N-dealkylation sites (tertiary alicyclic amines) is 1. The molecule has 2 bridgehead atoms. The number of benzene rings is 1. The van der Waals surface area contributed by atoms with Gasteiger partial charge in [0.1, 0.15) is 6.10 Å². The van der Waals surface area contributed by atoms with Crippen LogP contribution < -0.4 is 14.8 Å². The highest BCUT2D eigenvalue weighted by molar-refractivity contribution is 5.74. The maximum absolute atomic E-state index is 11.8. The Morgan fingerprint density at radius 3 is 2.85 bits per heavy atom. The number of hydrogen-bond donors (Lipinski definition) is 1. The van der Waals surface area contributed by atoms with E-state index in [1.165, 1.54) is 18.1 Å². The Morgan fingerprint density at radius 1 is 1.30 bits per heavy atom. The molecule has 0 radical (unpaired) electrons. The maximum atomic E-state index is 11.8. The van der Waals surface area contributed by atoms with E-state index in [9.17, 15) is 9.59 Å². The summed E-state index contributed by atoms with van der Waals surface area (Å²) >= 11 is 0. The molecule has 1 N–H and O–H groups in total.